The first-order chi connectivity index (χ1) is 20.2. The van der Waals surface area contributed by atoms with Crippen LogP contribution in [-0.4, -0.2) is 50.5 Å². The summed E-state index contributed by atoms with van der Waals surface area (Å²) < 4.78 is 81.5. The van der Waals surface area contributed by atoms with Crippen molar-refractivity contribution < 1.29 is 35.6 Å². The van der Waals surface area contributed by atoms with Crippen molar-refractivity contribution in [3.8, 4) is 0 Å². The van der Waals surface area contributed by atoms with Gasteiger partial charge in [-0.05, 0) is 36.2 Å². The first-order valence-electron chi connectivity index (χ1n) is 13.4. The quantitative estimate of drug-likeness (QED) is 0.188. The molecule has 3 aromatic carbocycles. The average molecular weight is 642 g/mol. The van der Waals surface area contributed by atoms with Crippen LogP contribution >= 0.6 is 11.6 Å². The molecule has 0 aromatic heterocycles. The molecule has 3 rings (SSSR count). The number of carbonyl (C=O) groups excluding carboxylic acids is 2. The van der Waals surface area contributed by atoms with Gasteiger partial charge in [-0.1, -0.05) is 73.5 Å². The van der Waals surface area contributed by atoms with Gasteiger partial charge in [0.2, 0.25) is 21.8 Å². The lowest BCUT2D eigenvalue weighted by Crippen LogP contribution is -2.53. The molecule has 0 heterocycles. The van der Waals surface area contributed by atoms with E-state index in [2.05, 4.69) is 5.32 Å². The summed E-state index contributed by atoms with van der Waals surface area (Å²) in [7, 11) is -4.38. The number of hydrogen-bond acceptors (Lipinski definition) is 4. The van der Waals surface area contributed by atoms with Gasteiger partial charge in [0.1, 0.15) is 18.4 Å². The second-order valence-corrected chi connectivity index (χ2v) is 12.2. The average Bonchev–Trinajstić information content (AvgIpc) is 2.94. The van der Waals surface area contributed by atoms with Gasteiger partial charge in [0, 0.05) is 25.1 Å². The van der Waals surface area contributed by atoms with Gasteiger partial charge in [-0.15, -0.1) is 0 Å². The van der Waals surface area contributed by atoms with Crippen molar-refractivity contribution in [1.82, 2.24) is 10.2 Å². The van der Waals surface area contributed by atoms with Gasteiger partial charge in [-0.3, -0.25) is 13.9 Å². The Morgan fingerprint density at radius 2 is 1.65 bits per heavy atom. The van der Waals surface area contributed by atoms with Gasteiger partial charge in [-0.2, -0.15) is 13.2 Å². The molecule has 1 atom stereocenters. The fourth-order valence-electron chi connectivity index (χ4n) is 4.35. The molecule has 0 fully saturated rings. The van der Waals surface area contributed by atoms with Crippen molar-refractivity contribution in [2.45, 2.75) is 44.9 Å². The lowest BCUT2D eigenvalue weighted by molar-refractivity contribution is -0.140. The lowest BCUT2D eigenvalue weighted by atomic mass is 10.0. The fourth-order valence-corrected chi connectivity index (χ4v) is 5.47. The molecule has 7 nitrogen and oxygen atoms in total. The standard InChI is InChI=1S/C30H32ClF4N3O4S/c1-3-4-16-36-29(40)27(17-21-10-6-5-7-11-21)37(19-22-12-8-9-13-25(22)32)28(39)20-38(43(2,41)42)26-18-23(30(33,34)35)14-15-24(26)31/h5-15,18,27H,3-4,16-17,19-20H2,1-2H3,(H,36,40). The first kappa shape index (κ1) is 33.9. The molecule has 13 heteroatoms. The molecular weight excluding hydrogens is 610 g/mol. The Hall–Kier alpha value is -3.64. The van der Waals surface area contributed by atoms with Crippen LogP contribution in [0.4, 0.5) is 23.2 Å². The Bertz CT molecular complexity index is 1520. The van der Waals surface area contributed by atoms with Crippen LogP contribution in [0.15, 0.2) is 72.8 Å². The summed E-state index contributed by atoms with van der Waals surface area (Å²) in [4.78, 5) is 28.6. The number of anilines is 1. The molecule has 0 aliphatic carbocycles. The summed E-state index contributed by atoms with van der Waals surface area (Å²) in [5, 5.41) is 2.44. The topological polar surface area (TPSA) is 86.8 Å². The normalized spacial score (nSPS) is 12.4. The van der Waals surface area contributed by atoms with E-state index >= 15 is 0 Å². The maximum atomic E-state index is 14.8. The van der Waals surface area contributed by atoms with E-state index in [-0.39, 0.29) is 17.0 Å². The van der Waals surface area contributed by atoms with Gasteiger partial charge >= 0.3 is 6.18 Å². The first-order valence-corrected chi connectivity index (χ1v) is 15.6. The molecule has 3 aromatic rings. The number of nitrogens with zero attached hydrogens (tertiary/aromatic N) is 2. The minimum absolute atomic E-state index is 0.00216. The van der Waals surface area contributed by atoms with Crippen LogP contribution in [-0.2, 0) is 38.8 Å². The van der Waals surface area contributed by atoms with E-state index < -0.39 is 64.2 Å². The molecule has 1 N–H and O–H groups in total. The van der Waals surface area contributed by atoms with E-state index in [0.29, 0.717) is 35.0 Å². The van der Waals surface area contributed by atoms with E-state index in [0.717, 1.165) is 23.6 Å². The van der Waals surface area contributed by atoms with Gasteiger partial charge in [0.25, 0.3) is 0 Å². The van der Waals surface area contributed by atoms with E-state index in [4.69, 9.17) is 11.6 Å². The number of sulfonamides is 1. The molecule has 0 radical (unpaired) electrons. The Morgan fingerprint density at radius 3 is 2.26 bits per heavy atom. The van der Waals surface area contributed by atoms with Gasteiger partial charge < -0.3 is 10.2 Å². The highest BCUT2D eigenvalue weighted by Gasteiger charge is 2.36. The van der Waals surface area contributed by atoms with Crippen molar-refractivity contribution in [3.63, 3.8) is 0 Å². The molecule has 0 saturated heterocycles. The summed E-state index contributed by atoms with van der Waals surface area (Å²) in [5.74, 6) is -2.16. The number of unbranched alkanes of at least 4 members (excludes halogenated alkanes) is 1. The minimum Gasteiger partial charge on any atom is -0.354 e. The number of nitrogens with one attached hydrogen (secondary N) is 1. The molecule has 0 aliphatic rings. The van der Waals surface area contributed by atoms with Gasteiger partial charge in [0.05, 0.1) is 22.5 Å². The van der Waals surface area contributed by atoms with Crippen LogP contribution in [0.1, 0.15) is 36.5 Å². The minimum atomic E-state index is -4.82. The molecule has 43 heavy (non-hydrogen) atoms. The number of carbonyl (C=O) groups is 2. The SMILES string of the molecule is CCCCNC(=O)C(Cc1ccccc1)N(Cc1ccccc1F)C(=O)CN(c1cc(C(F)(F)F)ccc1Cl)S(C)(=O)=O. The molecule has 232 valence electrons. The van der Waals surface area contributed by atoms with Crippen molar-refractivity contribution in [1.29, 1.82) is 0 Å². The van der Waals surface area contributed by atoms with Gasteiger partial charge in [0.15, 0.2) is 0 Å². The largest absolute Gasteiger partial charge is 0.416 e. The second kappa shape index (κ2) is 14.7. The zero-order valence-corrected chi connectivity index (χ0v) is 25.1. The van der Waals surface area contributed by atoms with E-state index in [1.807, 2.05) is 6.92 Å². The summed E-state index contributed by atoms with van der Waals surface area (Å²) in [6, 6.07) is 15.2. The van der Waals surface area contributed by atoms with Crippen LogP contribution in [0.5, 0.6) is 0 Å². The van der Waals surface area contributed by atoms with E-state index in [1.54, 1.807) is 36.4 Å². The lowest BCUT2D eigenvalue weighted by Gasteiger charge is -2.33. The highest BCUT2D eigenvalue weighted by molar-refractivity contribution is 7.92. The maximum Gasteiger partial charge on any atom is 0.416 e. The Balaban J connectivity index is 2.11. The zero-order valence-electron chi connectivity index (χ0n) is 23.6. The molecule has 1 unspecified atom stereocenters. The maximum absolute atomic E-state index is 14.8. The number of benzene rings is 3. The summed E-state index contributed by atoms with van der Waals surface area (Å²) in [6.07, 6.45) is -2.66. The second-order valence-electron chi connectivity index (χ2n) is 9.90. The fraction of sp³-hybridized carbons (Fsp3) is 0.333. The highest BCUT2D eigenvalue weighted by Crippen LogP contribution is 2.36. The smallest absolute Gasteiger partial charge is 0.354 e. The third-order valence-electron chi connectivity index (χ3n) is 6.62. The van der Waals surface area contributed by atoms with Crippen molar-refractivity contribution in [3.05, 3.63) is 100 Å². The van der Waals surface area contributed by atoms with Crippen molar-refractivity contribution >= 4 is 39.1 Å². The molecule has 0 saturated carbocycles. The zero-order chi connectivity index (χ0) is 31.8. The molecule has 0 aliphatic heterocycles. The monoisotopic (exact) mass is 641 g/mol. The molecule has 0 bridgehead atoms. The third-order valence-corrected chi connectivity index (χ3v) is 8.07. The van der Waals surface area contributed by atoms with Gasteiger partial charge in [-0.25, -0.2) is 12.8 Å². The van der Waals surface area contributed by atoms with Crippen LogP contribution < -0.4 is 9.62 Å². The Morgan fingerprint density at radius 1 is 1.00 bits per heavy atom. The third kappa shape index (κ3) is 9.42. The van der Waals surface area contributed by atoms with Crippen LogP contribution in [0, 0.1) is 5.82 Å². The number of alkyl halides is 3. The number of halogens is 5. The Kier molecular flexibility index (Phi) is 11.6. The predicted octanol–water partition coefficient (Wildman–Crippen LogP) is 5.82. The summed E-state index contributed by atoms with van der Waals surface area (Å²) in [6.45, 7) is 0.817. The summed E-state index contributed by atoms with van der Waals surface area (Å²) in [5.41, 5.74) is -1.01. The van der Waals surface area contributed by atoms with Crippen LogP contribution in [0.25, 0.3) is 0 Å². The number of rotatable bonds is 13. The Labute approximate surface area is 253 Å². The van der Waals surface area contributed by atoms with Crippen LogP contribution in [0.2, 0.25) is 5.02 Å². The van der Waals surface area contributed by atoms with E-state index in [9.17, 15) is 35.6 Å². The number of amides is 2. The number of hydrogen-bond donors (Lipinski definition) is 1. The predicted molar refractivity (Wildman–Crippen MR) is 157 cm³/mol. The van der Waals surface area contributed by atoms with E-state index in [1.165, 1.54) is 18.2 Å². The van der Waals surface area contributed by atoms with Crippen LogP contribution in [0.3, 0.4) is 0 Å². The highest BCUT2D eigenvalue weighted by atomic mass is 35.5. The van der Waals surface area contributed by atoms with Crippen molar-refractivity contribution in [2.24, 2.45) is 0 Å². The van der Waals surface area contributed by atoms with Crippen molar-refractivity contribution in [2.75, 3.05) is 23.7 Å². The molecule has 2 amide bonds. The molecule has 0 spiro atoms. The molecular formula is C30H32ClF4N3O4S. The summed E-state index contributed by atoms with van der Waals surface area (Å²) >= 11 is 6.14.